The van der Waals surface area contributed by atoms with Crippen LogP contribution in [0, 0.1) is 5.82 Å². The lowest BCUT2D eigenvalue weighted by Crippen LogP contribution is -1.94. The van der Waals surface area contributed by atoms with Crippen LogP contribution in [0.25, 0.3) is 6.08 Å². The lowest BCUT2D eigenvalue weighted by atomic mass is 10.1. The van der Waals surface area contributed by atoms with E-state index in [1.54, 1.807) is 12.2 Å². The third kappa shape index (κ3) is 4.42. The largest absolute Gasteiger partial charge is 0.490 e. The number of halogens is 1. The van der Waals surface area contributed by atoms with Crippen molar-refractivity contribution in [2.75, 3.05) is 6.61 Å². The molecule has 2 aromatic rings. The molecular weight excluding hydrogens is 267 g/mol. The molecule has 0 aliphatic rings. The van der Waals surface area contributed by atoms with Crippen LogP contribution in [0.3, 0.4) is 0 Å². The summed E-state index contributed by atoms with van der Waals surface area (Å²) in [5.41, 5.74) is 1.34. The summed E-state index contributed by atoms with van der Waals surface area (Å²) in [4.78, 5) is 11.9. The average Bonchev–Trinajstić information content (AvgIpc) is 2.52. The summed E-state index contributed by atoms with van der Waals surface area (Å²) >= 11 is 0. The van der Waals surface area contributed by atoms with Crippen LogP contribution in [0.1, 0.15) is 15.9 Å². The Morgan fingerprint density at radius 2 is 1.76 bits per heavy atom. The first kappa shape index (κ1) is 14.7. The Kier molecular flexibility index (Phi) is 5.04. The summed E-state index contributed by atoms with van der Waals surface area (Å²) < 4.78 is 18.2. The number of allylic oxidation sites excluding steroid dienone is 1. The van der Waals surface area contributed by atoms with Crippen LogP contribution in [-0.4, -0.2) is 12.4 Å². The zero-order valence-electron chi connectivity index (χ0n) is 11.5. The molecule has 0 aromatic heterocycles. The Bertz CT molecular complexity index is 640. The van der Waals surface area contributed by atoms with Crippen LogP contribution in [0.2, 0.25) is 0 Å². The van der Waals surface area contributed by atoms with E-state index in [1.807, 2.05) is 24.3 Å². The van der Waals surface area contributed by atoms with Gasteiger partial charge in [-0.05, 0) is 48.0 Å². The highest BCUT2D eigenvalue weighted by atomic mass is 19.1. The molecule has 0 N–H and O–H groups in total. The van der Waals surface area contributed by atoms with Gasteiger partial charge in [0.05, 0.1) is 0 Å². The molecule has 2 aromatic carbocycles. The molecular formula is C18H15FO2. The van der Waals surface area contributed by atoms with Crippen LogP contribution < -0.4 is 4.74 Å². The van der Waals surface area contributed by atoms with E-state index in [9.17, 15) is 9.18 Å². The quantitative estimate of drug-likeness (QED) is 0.449. The number of carbonyl (C=O) groups is 1. The minimum atomic E-state index is -0.356. The smallest absolute Gasteiger partial charge is 0.185 e. The third-order valence-corrected chi connectivity index (χ3v) is 2.80. The molecule has 0 heterocycles. The lowest BCUT2D eigenvalue weighted by Gasteiger charge is -2.02. The minimum absolute atomic E-state index is 0.165. The highest BCUT2D eigenvalue weighted by molar-refractivity contribution is 6.06. The molecule has 2 rings (SSSR count). The van der Waals surface area contributed by atoms with Crippen LogP contribution in [0.15, 0.2) is 67.3 Å². The second kappa shape index (κ2) is 7.20. The predicted octanol–water partition coefficient (Wildman–Crippen LogP) is 4.29. The first-order valence-corrected chi connectivity index (χ1v) is 6.51. The lowest BCUT2D eigenvalue weighted by molar-refractivity contribution is 0.104. The van der Waals surface area contributed by atoms with Gasteiger partial charge in [-0.15, -0.1) is 0 Å². The molecule has 0 saturated heterocycles. The van der Waals surface area contributed by atoms with E-state index < -0.39 is 0 Å². The third-order valence-electron chi connectivity index (χ3n) is 2.80. The molecule has 2 nitrogen and oxygen atoms in total. The molecule has 0 radical (unpaired) electrons. The van der Waals surface area contributed by atoms with Gasteiger partial charge in [0, 0.05) is 5.56 Å². The van der Waals surface area contributed by atoms with Gasteiger partial charge in [0.25, 0.3) is 0 Å². The van der Waals surface area contributed by atoms with Gasteiger partial charge in [-0.25, -0.2) is 4.39 Å². The molecule has 106 valence electrons. The van der Waals surface area contributed by atoms with E-state index in [1.165, 1.54) is 30.3 Å². The molecule has 0 amide bonds. The van der Waals surface area contributed by atoms with Gasteiger partial charge in [-0.3, -0.25) is 4.79 Å². The molecule has 0 fully saturated rings. The molecule has 0 saturated carbocycles. The summed E-state index contributed by atoms with van der Waals surface area (Å²) in [6.45, 7) is 4.04. The van der Waals surface area contributed by atoms with E-state index in [0.29, 0.717) is 12.2 Å². The van der Waals surface area contributed by atoms with Gasteiger partial charge >= 0.3 is 0 Å². The number of ether oxygens (including phenoxy) is 1. The number of benzene rings is 2. The van der Waals surface area contributed by atoms with Crippen LogP contribution in [0.5, 0.6) is 5.75 Å². The first-order valence-electron chi connectivity index (χ1n) is 6.51. The summed E-state index contributed by atoms with van der Waals surface area (Å²) in [7, 11) is 0. The maximum atomic E-state index is 12.8. The van der Waals surface area contributed by atoms with Crippen molar-refractivity contribution in [3.05, 3.63) is 84.2 Å². The zero-order chi connectivity index (χ0) is 15.1. The molecule has 0 spiro atoms. The van der Waals surface area contributed by atoms with Gasteiger partial charge in [0.1, 0.15) is 18.2 Å². The van der Waals surface area contributed by atoms with Crippen molar-refractivity contribution in [3.63, 3.8) is 0 Å². The van der Waals surface area contributed by atoms with E-state index >= 15 is 0 Å². The van der Waals surface area contributed by atoms with Gasteiger partial charge in [0.2, 0.25) is 0 Å². The molecule has 0 aliphatic carbocycles. The number of rotatable bonds is 6. The Morgan fingerprint density at radius 3 is 2.38 bits per heavy atom. The Labute approximate surface area is 123 Å². The number of hydrogen-bond acceptors (Lipinski definition) is 2. The number of ketones is 1. The summed E-state index contributed by atoms with van der Waals surface area (Å²) in [5.74, 6) is 0.226. The summed E-state index contributed by atoms with van der Waals surface area (Å²) in [6.07, 6.45) is 4.85. The Morgan fingerprint density at radius 1 is 1.10 bits per heavy atom. The van der Waals surface area contributed by atoms with Gasteiger partial charge in [-0.1, -0.05) is 30.9 Å². The van der Waals surface area contributed by atoms with Crippen LogP contribution >= 0.6 is 0 Å². The minimum Gasteiger partial charge on any atom is -0.490 e. The Balaban J connectivity index is 2.01. The molecule has 21 heavy (non-hydrogen) atoms. The first-order chi connectivity index (χ1) is 10.2. The topological polar surface area (TPSA) is 26.3 Å². The molecule has 0 unspecified atom stereocenters. The fourth-order valence-corrected chi connectivity index (χ4v) is 1.71. The van der Waals surface area contributed by atoms with Crippen LogP contribution in [0.4, 0.5) is 4.39 Å². The summed E-state index contributed by atoms with van der Waals surface area (Å²) in [6, 6.07) is 12.8. The SMILES string of the molecule is C=CCOc1ccc(/C=C/C(=O)c2ccc(F)cc2)cc1. The second-order valence-electron chi connectivity index (χ2n) is 4.37. The maximum Gasteiger partial charge on any atom is 0.185 e. The van der Waals surface area contributed by atoms with Crippen molar-refractivity contribution in [1.29, 1.82) is 0 Å². The van der Waals surface area contributed by atoms with Crippen molar-refractivity contribution in [2.45, 2.75) is 0 Å². The van der Waals surface area contributed by atoms with E-state index in [2.05, 4.69) is 6.58 Å². The van der Waals surface area contributed by atoms with Gasteiger partial charge in [-0.2, -0.15) is 0 Å². The van der Waals surface area contributed by atoms with Gasteiger partial charge < -0.3 is 4.74 Å². The van der Waals surface area contributed by atoms with Crippen molar-refractivity contribution >= 4 is 11.9 Å². The van der Waals surface area contributed by atoms with Crippen molar-refractivity contribution in [3.8, 4) is 5.75 Å². The molecule has 0 aliphatic heterocycles. The molecule has 3 heteroatoms. The van der Waals surface area contributed by atoms with E-state index in [-0.39, 0.29) is 11.6 Å². The van der Waals surface area contributed by atoms with Crippen molar-refractivity contribution < 1.29 is 13.9 Å². The Hall–Kier alpha value is -2.68. The highest BCUT2D eigenvalue weighted by Gasteiger charge is 2.01. The van der Waals surface area contributed by atoms with E-state index in [4.69, 9.17) is 4.74 Å². The fraction of sp³-hybridized carbons (Fsp3) is 0.0556. The van der Waals surface area contributed by atoms with Crippen LogP contribution in [-0.2, 0) is 0 Å². The standard InChI is InChI=1S/C18H15FO2/c1-2-13-21-17-10-3-14(4-11-17)5-12-18(20)15-6-8-16(19)9-7-15/h2-12H,1,13H2/b12-5+. The van der Waals surface area contributed by atoms with Gasteiger partial charge in [0.15, 0.2) is 5.78 Å². The fourth-order valence-electron chi connectivity index (χ4n) is 1.71. The predicted molar refractivity (Wildman–Crippen MR) is 81.9 cm³/mol. The normalized spacial score (nSPS) is 10.5. The number of hydrogen-bond donors (Lipinski definition) is 0. The molecule has 0 bridgehead atoms. The second-order valence-corrected chi connectivity index (χ2v) is 4.37. The van der Waals surface area contributed by atoms with Crippen molar-refractivity contribution in [2.24, 2.45) is 0 Å². The average molecular weight is 282 g/mol. The van der Waals surface area contributed by atoms with Crippen molar-refractivity contribution in [1.82, 2.24) is 0 Å². The summed E-state index contributed by atoms with van der Waals surface area (Å²) in [5, 5.41) is 0. The van der Waals surface area contributed by atoms with E-state index in [0.717, 1.165) is 11.3 Å². The zero-order valence-corrected chi connectivity index (χ0v) is 11.5. The monoisotopic (exact) mass is 282 g/mol. The molecule has 0 atom stereocenters. The highest BCUT2D eigenvalue weighted by Crippen LogP contribution is 2.14. The maximum absolute atomic E-state index is 12.8. The number of carbonyl (C=O) groups excluding carboxylic acids is 1.